The molecule has 1 aliphatic carbocycles. The maximum absolute atomic E-state index is 13.2. The number of ether oxygens (including phenoxy) is 3. The molecule has 0 atom stereocenters. The minimum Gasteiger partial charge on any atom is -0.481 e. The third kappa shape index (κ3) is 7.46. The Balaban J connectivity index is 1.40. The van der Waals surface area contributed by atoms with Gasteiger partial charge >= 0.3 is 18.3 Å². The molecule has 2 saturated heterocycles. The number of fused-ring (bicyclic) bond motifs is 1. The zero-order valence-corrected chi connectivity index (χ0v) is 28.0. The summed E-state index contributed by atoms with van der Waals surface area (Å²) in [4.78, 5) is 28.2. The fourth-order valence-electron chi connectivity index (χ4n) is 6.44. The van der Waals surface area contributed by atoms with Crippen LogP contribution in [-0.4, -0.2) is 96.7 Å². The van der Waals surface area contributed by atoms with Gasteiger partial charge in [-0.25, -0.2) is 4.79 Å². The van der Waals surface area contributed by atoms with Gasteiger partial charge in [-0.1, -0.05) is 0 Å². The minimum atomic E-state index is -4.51. The molecule has 1 spiro atoms. The van der Waals surface area contributed by atoms with Gasteiger partial charge in [0.2, 0.25) is 0 Å². The first kappa shape index (κ1) is 32.8. The van der Waals surface area contributed by atoms with E-state index in [1.165, 1.54) is 0 Å². The molecule has 1 aromatic carbocycles. The first-order chi connectivity index (χ1) is 20.5. The number of nitrogens with zero attached hydrogens (tertiary/aromatic N) is 5. The van der Waals surface area contributed by atoms with Gasteiger partial charge < -0.3 is 28.9 Å². The third-order valence-electron chi connectivity index (χ3n) is 8.88. The summed E-state index contributed by atoms with van der Waals surface area (Å²) in [6, 6.07) is 2.52. The topological polar surface area (TPSA) is 80.3 Å². The fourth-order valence-corrected chi connectivity index (χ4v) is 6.86. The third-order valence-corrected chi connectivity index (χ3v) is 9.87. The molecular formula is C31H43BrF3N5O4. The number of aryl methyl sites for hydroxylation is 1. The first-order valence-electron chi connectivity index (χ1n) is 15.3. The number of amides is 1. The van der Waals surface area contributed by atoms with Crippen LogP contribution in [0.4, 0.5) is 23.8 Å². The molecule has 0 radical (unpaired) electrons. The van der Waals surface area contributed by atoms with E-state index in [2.05, 4.69) is 44.8 Å². The molecule has 3 fully saturated rings. The number of carbonyl (C=O) groups is 1. The molecule has 0 N–H and O–H groups in total. The Bertz CT molecular complexity index is 1360. The van der Waals surface area contributed by atoms with Crippen LogP contribution in [0.25, 0.3) is 10.9 Å². The van der Waals surface area contributed by atoms with Gasteiger partial charge in [-0.15, -0.1) is 0 Å². The van der Waals surface area contributed by atoms with Crippen molar-refractivity contribution >= 4 is 38.7 Å². The highest BCUT2D eigenvalue weighted by Crippen LogP contribution is 2.45. The molecule has 44 heavy (non-hydrogen) atoms. The summed E-state index contributed by atoms with van der Waals surface area (Å²) in [7, 11) is 4.16. The number of piperidine rings is 1. The van der Waals surface area contributed by atoms with Gasteiger partial charge in [0.25, 0.3) is 0 Å². The van der Waals surface area contributed by atoms with E-state index in [0.717, 1.165) is 44.1 Å². The number of alkyl halides is 3. The zero-order valence-electron chi connectivity index (χ0n) is 26.4. The predicted molar refractivity (Wildman–Crippen MR) is 166 cm³/mol. The van der Waals surface area contributed by atoms with E-state index < -0.39 is 18.4 Å². The van der Waals surface area contributed by atoms with Crippen LogP contribution in [0.1, 0.15) is 64.9 Å². The molecule has 2 aromatic rings. The number of carbonyl (C=O) groups excluding carboxylic acids is 1. The van der Waals surface area contributed by atoms with Crippen LogP contribution in [0.15, 0.2) is 10.5 Å². The Labute approximate surface area is 265 Å². The summed E-state index contributed by atoms with van der Waals surface area (Å²) in [5, 5.41) is 0.617. The van der Waals surface area contributed by atoms with Gasteiger partial charge in [0.1, 0.15) is 23.0 Å². The van der Waals surface area contributed by atoms with Crippen molar-refractivity contribution in [1.29, 1.82) is 0 Å². The summed E-state index contributed by atoms with van der Waals surface area (Å²) in [5.74, 6) is 0.653. The van der Waals surface area contributed by atoms with Gasteiger partial charge in [-0.2, -0.15) is 23.1 Å². The second-order valence-corrected chi connectivity index (χ2v) is 14.6. The minimum absolute atomic E-state index is 0.0145. The monoisotopic (exact) mass is 685 g/mol. The van der Waals surface area contributed by atoms with E-state index >= 15 is 0 Å². The van der Waals surface area contributed by atoms with Crippen LogP contribution in [-0.2, 0) is 4.74 Å². The van der Waals surface area contributed by atoms with Crippen molar-refractivity contribution in [2.75, 3.05) is 51.8 Å². The van der Waals surface area contributed by atoms with E-state index in [1.54, 1.807) is 4.90 Å². The number of likely N-dealkylation sites (tertiary alicyclic amines) is 1. The molecule has 3 aliphatic rings. The molecule has 1 saturated carbocycles. The van der Waals surface area contributed by atoms with Gasteiger partial charge in [0, 0.05) is 43.0 Å². The average Bonchev–Trinajstić information content (AvgIpc) is 2.91. The molecule has 1 amide bonds. The number of aromatic nitrogens is 2. The fraction of sp³-hybridized carbons (Fsp3) is 0.710. The van der Waals surface area contributed by atoms with Crippen LogP contribution in [0, 0.1) is 12.3 Å². The Hall–Kier alpha value is -2.54. The van der Waals surface area contributed by atoms with Gasteiger partial charge in [0.05, 0.1) is 4.47 Å². The number of halogens is 4. The summed E-state index contributed by atoms with van der Waals surface area (Å²) < 4.78 is 57.4. The molecule has 0 unspecified atom stereocenters. The smallest absolute Gasteiger partial charge is 0.422 e. The van der Waals surface area contributed by atoms with Crippen molar-refractivity contribution in [3.05, 3.63) is 16.1 Å². The lowest BCUT2D eigenvalue weighted by Crippen LogP contribution is -2.62. The second kappa shape index (κ2) is 12.3. The van der Waals surface area contributed by atoms with Crippen molar-refractivity contribution in [3.8, 4) is 11.8 Å². The Kier molecular flexibility index (Phi) is 9.21. The van der Waals surface area contributed by atoms with Crippen LogP contribution >= 0.6 is 15.9 Å². The normalized spacial score (nSPS) is 22.3. The quantitative estimate of drug-likeness (QED) is 0.331. The number of rotatable bonds is 6. The van der Waals surface area contributed by atoms with E-state index in [1.807, 2.05) is 33.8 Å². The second-order valence-electron chi connectivity index (χ2n) is 13.8. The van der Waals surface area contributed by atoms with Crippen molar-refractivity contribution in [2.24, 2.45) is 5.41 Å². The molecule has 13 heteroatoms. The highest BCUT2D eigenvalue weighted by atomic mass is 79.9. The molecule has 1 aromatic heterocycles. The Morgan fingerprint density at radius 2 is 1.73 bits per heavy atom. The number of benzene rings is 1. The van der Waals surface area contributed by atoms with Gasteiger partial charge in [-0.3, -0.25) is 0 Å². The average molecular weight is 687 g/mol. The molecule has 9 nitrogen and oxygen atoms in total. The van der Waals surface area contributed by atoms with E-state index in [4.69, 9.17) is 19.2 Å². The predicted octanol–water partition coefficient (Wildman–Crippen LogP) is 6.73. The molecule has 5 rings (SSSR count). The summed E-state index contributed by atoms with van der Waals surface area (Å²) in [5.41, 5.74) is 0.475. The largest absolute Gasteiger partial charge is 0.481 e. The van der Waals surface area contributed by atoms with Crippen molar-refractivity contribution in [1.82, 2.24) is 19.8 Å². The molecule has 244 valence electrons. The van der Waals surface area contributed by atoms with Crippen molar-refractivity contribution in [2.45, 2.75) is 90.1 Å². The Morgan fingerprint density at radius 1 is 1.09 bits per heavy atom. The maximum atomic E-state index is 13.2. The SMILES string of the molecule is Cc1cc2c(N3CCC4(CC3)CN(C(=O)OC(C)(C)C)C4)nc(O[C@H]3CC[C@@H](N(C)C)CC3)nc2c(OCC(F)(F)F)c1Br. The molecule has 3 heterocycles. The Morgan fingerprint density at radius 3 is 2.30 bits per heavy atom. The first-order valence-corrected chi connectivity index (χ1v) is 16.1. The summed E-state index contributed by atoms with van der Waals surface area (Å²) in [6.45, 7) is 8.59. The van der Waals surface area contributed by atoms with E-state index in [-0.39, 0.29) is 34.9 Å². The van der Waals surface area contributed by atoms with Crippen molar-refractivity contribution < 1.29 is 32.2 Å². The highest BCUT2D eigenvalue weighted by Gasteiger charge is 2.48. The molecular weight excluding hydrogens is 643 g/mol. The lowest BCUT2D eigenvalue weighted by Gasteiger charge is -2.53. The molecule has 2 aliphatic heterocycles. The number of hydrogen-bond donors (Lipinski definition) is 0. The van der Waals surface area contributed by atoms with E-state index in [9.17, 15) is 18.0 Å². The van der Waals surface area contributed by atoms with Gasteiger partial charge in [-0.05, 0) is 108 Å². The highest BCUT2D eigenvalue weighted by molar-refractivity contribution is 9.10. The van der Waals surface area contributed by atoms with E-state index in [0.29, 0.717) is 47.9 Å². The molecule has 0 bridgehead atoms. The zero-order chi connectivity index (χ0) is 32.0. The van der Waals surface area contributed by atoms with Crippen LogP contribution in [0.5, 0.6) is 11.8 Å². The van der Waals surface area contributed by atoms with Crippen LogP contribution in [0.2, 0.25) is 0 Å². The number of anilines is 1. The summed E-state index contributed by atoms with van der Waals surface area (Å²) in [6.07, 6.45) is 0.459. The van der Waals surface area contributed by atoms with Crippen molar-refractivity contribution in [3.63, 3.8) is 0 Å². The maximum Gasteiger partial charge on any atom is 0.422 e. The summed E-state index contributed by atoms with van der Waals surface area (Å²) >= 11 is 3.45. The van der Waals surface area contributed by atoms with Crippen LogP contribution < -0.4 is 14.4 Å². The van der Waals surface area contributed by atoms with Gasteiger partial charge in [0.15, 0.2) is 12.4 Å². The lowest BCUT2D eigenvalue weighted by molar-refractivity contribution is -0.153. The lowest BCUT2D eigenvalue weighted by atomic mass is 9.72. The number of hydrogen-bond acceptors (Lipinski definition) is 8. The standard InChI is InChI=1S/C31H43BrF3N5O4/c1-19-15-22-24(25(23(19)32)42-18-31(33,34)35)36-27(43-21-9-7-20(8-10-21)38(5)6)37-26(22)39-13-11-30(12-14-39)16-40(17-30)28(41)44-29(2,3)4/h15,20-21H,7-14,16-18H2,1-6H3/t20-,21+. The van der Waals surface area contributed by atoms with Crippen LogP contribution in [0.3, 0.4) is 0 Å².